The van der Waals surface area contributed by atoms with E-state index in [1.54, 1.807) is 48.6 Å². The first kappa shape index (κ1) is 9.97. The van der Waals surface area contributed by atoms with E-state index in [2.05, 4.69) is 5.73 Å². The summed E-state index contributed by atoms with van der Waals surface area (Å²) in [5.74, 6) is 0. The molecular weight excluding hydrogens is 208 g/mol. The molecular formula is C12H10O2S. The zero-order valence-corrected chi connectivity index (χ0v) is 8.87. The number of benzene rings is 1. The van der Waals surface area contributed by atoms with Gasteiger partial charge in [0, 0.05) is 6.42 Å². The fourth-order valence-electron chi connectivity index (χ4n) is 1.39. The van der Waals surface area contributed by atoms with E-state index in [1.165, 1.54) is 0 Å². The standard InChI is InChI=1S/C12H10O2S/c13-15(14,11-7-3-1-4-8-11)12-9-5-2-6-10-12/h1,3-9H,10H2. The molecule has 2 nitrogen and oxygen atoms in total. The van der Waals surface area contributed by atoms with Crippen LogP contribution in [0.1, 0.15) is 6.42 Å². The minimum Gasteiger partial charge on any atom is -0.219 e. The average Bonchev–Trinajstić information content (AvgIpc) is 2.31. The van der Waals surface area contributed by atoms with Crippen LogP contribution in [0.3, 0.4) is 0 Å². The van der Waals surface area contributed by atoms with Crippen LogP contribution < -0.4 is 0 Å². The van der Waals surface area contributed by atoms with E-state index >= 15 is 0 Å². The van der Waals surface area contributed by atoms with Crippen LogP contribution in [0.2, 0.25) is 0 Å². The molecule has 1 aromatic carbocycles. The summed E-state index contributed by atoms with van der Waals surface area (Å²) in [5.41, 5.74) is 2.85. The monoisotopic (exact) mass is 218 g/mol. The Hall–Kier alpha value is -1.57. The molecule has 1 aliphatic rings. The van der Waals surface area contributed by atoms with Crippen molar-refractivity contribution in [2.75, 3.05) is 0 Å². The Balaban J connectivity index is 2.46. The lowest BCUT2D eigenvalue weighted by molar-refractivity contribution is 0.601. The van der Waals surface area contributed by atoms with Crippen LogP contribution in [-0.2, 0) is 9.84 Å². The summed E-state index contributed by atoms with van der Waals surface area (Å²) < 4.78 is 24.1. The number of hydrogen-bond acceptors (Lipinski definition) is 2. The van der Waals surface area contributed by atoms with Gasteiger partial charge in [0.05, 0.1) is 9.80 Å². The molecule has 1 aromatic rings. The highest BCUT2D eigenvalue weighted by molar-refractivity contribution is 7.95. The summed E-state index contributed by atoms with van der Waals surface area (Å²) in [5, 5.41) is 0. The summed E-state index contributed by atoms with van der Waals surface area (Å²) in [4.78, 5) is 0.771. The van der Waals surface area contributed by atoms with Gasteiger partial charge in [0.25, 0.3) is 0 Å². The van der Waals surface area contributed by atoms with Gasteiger partial charge in [0.2, 0.25) is 9.84 Å². The molecule has 0 fully saturated rings. The van der Waals surface area contributed by atoms with Gasteiger partial charge in [0.15, 0.2) is 0 Å². The molecule has 0 amide bonds. The summed E-state index contributed by atoms with van der Waals surface area (Å²) in [6.07, 6.45) is 5.37. The molecule has 0 aliphatic heterocycles. The zero-order valence-electron chi connectivity index (χ0n) is 8.05. The molecule has 0 radical (unpaired) electrons. The first-order valence-electron chi connectivity index (χ1n) is 4.61. The second kappa shape index (κ2) is 3.89. The highest BCUT2D eigenvalue weighted by Gasteiger charge is 2.19. The lowest BCUT2D eigenvalue weighted by atomic mass is 10.3. The number of allylic oxidation sites excluding steroid dienone is 3. The quantitative estimate of drug-likeness (QED) is 0.714. The predicted octanol–water partition coefficient (Wildman–Crippen LogP) is 2.46. The van der Waals surface area contributed by atoms with Gasteiger partial charge in [0.1, 0.15) is 0 Å². The van der Waals surface area contributed by atoms with Crippen molar-refractivity contribution in [2.24, 2.45) is 0 Å². The normalized spacial score (nSPS) is 15.1. The first-order valence-corrected chi connectivity index (χ1v) is 6.10. The number of sulfone groups is 1. The Kier molecular flexibility index (Phi) is 2.58. The van der Waals surface area contributed by atoms with E-state index < -0.39 is 9.84 Å². The lowest BCUT2D eigenvalue weighted by Gasteiger charge is -2.07. The van der Waals surface area contributed by atoms with Gasteiger partial charge in [-0.3, -0.25) is 0 Å². The topological polar surface area (TPSA) is 34.1 Å². The molecule has 0 bridgehead atoms. The van der Waals surface area contributed by atoms with Crippen LogP contribution in [0.4, 0.5) is 0 Å². The fourth-order valence-corrected chi connectivity index (χ4v) is 2.76. The highest BCUT2D eigenvalue weighted by Crippen LogP contribution is 2.22. The second-order valence-electron chi connectivity index (χ2n) is 3.19. The van der Waals surface area contributed by atoms with Crippen molar-refractivity contribution in [1.82, 2.24) is 0 Å². The smallest absolute Gasteiger partial charge is 0.203 e. The van der Waals surface area contributed by atoms with Gasteiger partial charge in [-0.1, -0.05) is 18.2 Å². The van der Waals surface area contributed by atoms with Crippen LogP contribution in [0.15, 0.2) is 64.1 Å². The van der Waals surface area contributed by atoms with Gasteiger partial charge in [-0.05, 0) is 30.4 Å². The summed E-state index contributed by atoms with van der Waals surface area (Å²) in [7, 11) is -3.30. The van der Waals surface area contributed by atoms with Crippen molar-refractivity contribution in [3.05, 3.63) is 59.2 Å². The number of hydrogen-bond donors (Lipinski definition) is 0. The predicted molar refractivity (Wildman–Crippen MR) is 59.0 cm³/mol. The highest BCUT2D eigenvalue weighted by atomic mass is 32.2. The summed E-state index contributed by atoms with van der Waals surface area (Å²) in [6.45, 7) is 0. The van der Waals surface area contributed by atoms with Crippen molar-refractivity contribution in [3.63, 3.8) is 0 Å². The Labute approximate surface area is 89.2 Å². The zero-order chi connectivity index (χ0) is 10.7. The molecule has 2 rings (SSSR count). The maximum Gasteiger partial charge on any atom is 0.203 e. The third-order valence-electron chi connectivity index (χ3n) is 2.19. The van der Waals surface area contributed by atoms with Crippen LogP contribution in [0, 0.1) is 0 Å². The van der Waals surface area contributed by atoms with Crippen LogP contribution in [-0.4, -0.2) is 8.42 Å². The molecule has 76 valence electrons. The third-order valence-corrected chi connectivity index (χ3v) is 4.07. The van der Waals surface area contributed by atoms with E-state index in [9.17, 15) is 8.42 Å². The second-order valence-corrected chi connectivity index (χ2v) is 5.19. The molecule has 0 saturated carbocycles. The average molecular weight is 218 g/mol. The molecule has 3 heteroatoms. The van der Waals surface area contributed by atoms with Gasteiger partial charge >= 0.3 is 0 Å². The van der Waals surface area contributed by atoms with Crippen LogP contribution in [0.5, 0.6) is 0 Å². The molecule has 1 aliphatic carbocycles. The minimum absolute atomic E-state index is 0.347. The van der Waals surface area contributed by atoms with E-state index in [-0.39, 0.29) is 0 Å². The maximum atomic E-state index is 12.1. The Morgan fingerprint density at radius 3 is 2.47 bits per heavy atom. The first-order chi connectivity index (χ1) is 7.21. The fraction of sp³-hybridized carbons (Fsp3) is 0.0833. The van der Waals surface area contributed by atoms with Crippen molar-refractivity contribution >= 4 is 9.84 Å². The van der Waals surface area contributed by atoms with Crippen molar-refractivity contribution < 1.29 is 8.42 Å². The summed E-state index contributed by atoms with van der Waals surface area (Å²) >= 11 is 0. The molecule has 0 heterocycles. The Morgan fingerprint density at radius 2 is 1.87 bits per heavy atom. The minimum atomic E-state index is -3.30. The summed E-state index contributed by atoms with van der Waals surface area (Å²) in [6, 6.07) is 8.47. The van der Waals surface area contributed by atoms with Gasteiger partial charge < -0.3 is 0 Å². The Bertz CT molecular complexity index is 545. The maximum absolute atomic E-state index is 12.1. The van der Waals surface area contributed by atoms with Gasteiger partial charge in [-0.15, -0.1) is 5.73 Å². The van der Waals surface area contributed by atoms with Crippen LogP contribution >= 0.6 is 0 Å². The SMILES string of the molecule is O=S(=O)(C1=CC=C=CC1)c1ccccc1. The van der Waals surface area contributed by atoms with E-state index in [0.717, 1.165) is 0 Å². The molecule has 0 N–H and O–H groups in total. The van der Waals surface area contributed by atoms with Crippen molar-refractivity contribution in [1.29, 1.82) is 0 Å². The van der Waals surface area contributed by atoms with Gasteiger partial charge in [-0.25, -0.2) is 8.42 Å². The van der Waals surface area contributed by atoms with Crippen molar-refractivity contribution in [3.8, 4) is 0 Å². The molecule has 0 aromatic heterocycles. The van der Waals surface area contributed by atoms with Crippen molar-refractivity contribution in [2.45, 2.75) is 11.3 Å². The lowest BCUT2D eigenvalue weighted by Crippen LogP contribution is -2.04. The number of rotatable bonds is 2. The molecule has 0 spiro atoms. The Morgan fingerprint density at radius 1 is 1.13 bits per heavy atom. The molecule has 0 atom stereocenters. The molecule has 0 saturated heterocycles. The van der Waals surface area contributed by atoms with Crippen LogP contribution in [0.25, 0.3) is 0 Å². The van der Waals surface area contributed by atoms with E-state index in [0.29, 0.717) is 16.2 Å². The third kappa shape index (κ3) is 1.94. The molecule has 0 unspecified atom stereocenters. The van der Waals surface area contributed by atoms with E-state index in [4.69, 9.17) is 0 Å². The van der Waals surface area contributed by atoms with E-state index in [1.807, 2.05) is 0 Å². The largest absolute Gasteiger partial charge is 0.219 e. The van der Waals surface area contributed by atoms with Gasteiger partial charge in [-0.2, -0.15) is 0 Å². The molecule has 15 heavy (non-hydrogen) atoms.